The fraction of sp³-hybridized carbons (Fsp3) is 0.312. The lowest BCUT2D eigenvalue weighted by Crippen LogP contribution is -2.13. The number of aromatic nitrogens is 1. The van der Waals surface area contributed by atoms with Crippen LogP contribution in [0, 0.1) is 6.92 Å². The molecule has 1 heterocycles. The van der Waals surface area contributed by atoms with Crippen LogP contribution in [0.3, 0.4) is 0 Å². The molecule has 0 fully saturated rings. The maximum atomic E-state index is 5.75. The molecule has 2 aromatic rings. The Labute approximate surface area is 133 Å². The average Bonchev–Trinajstić information content (AvgIpc) is 2.48. The van der Waals surface area contributed by atoms with Crippen molar-refractivity contribution < 1.29 is 9.47 Å². The van der Waals surface area contributed by atoms with Gasteiger partial charge in [0.25, 0.3) is 0 Å². The number of halogens is 1. The monoisotopic (exact) mass is 350 g/mol. The predicted octanol–water partition coefficient (Wildman–Crippen LogP) is 3.33. The van der Waals surface area contributed by atoms with Gasteiger partial charge in [0, 0.05) is 16.7 Å². The second-order valence-corrected chi connectivity index (χ2v) is 5.49. The van der Waals surface area contributed by atoms with E-state index in [-0.39, 0.29) is 0 Å². The SMILES string of the molecule is CNCc1nc(C)ccc1OCCOc1ccc(Br)cc1. The molecule has 0 radical (unpaired) electrons. The maximum Gasteiger partial charge on any atom is 0.142 e. The standard InChI is InChI=1S/C16H19BrN2O2/c1-12-3-8-16(15(19-12)11-18-2)21-10-9-20-14-6-4-13(17)5-7-14/h3-8,18H,9-11H2,1-2H3. The van der Waals surface area contributed by atoms with Gasteiger partial charge in [-0.3, -0.25) is 4.98 Å². The van der Waals surface area contributed by atoms with Crippen molar-refractivity contribution in [1.29, 1.82) is 0 Å². The van der Waals surface area contributed by atoms with Crippen molar-refractivity contribution in [1.82, 2.24) is 10.3 Å². The molecule has 0 aliphatic carbocycles. The molecule has 2 rings (SSSR count). The third-order valence-electron chi connectivity index (χ3n) is 2.84. The molecule has 0 saturated carbocycles. The zero-order valence-electron chi connectivity index (χ0n) is 12.2. The van der Waals surface area contributed by atoms with Gasteiger partial charge >= 0.3 is 0 Å². The first-order valence-corrected chi connectivity index (χ1v) is 7.60. The van der Waals surface area contributed by atoms with Gasteiger partial charge in [0.2, 0.25) is 0 Å². The van der Waals surface area contributed by atoms with Gasteiger partial charge in [0.1, 0.15) is 24.7 Å². The molecule has 112 valence electrons. The summed E-state index contributed by atoms with van der Waals surface area (Å²) >= 11 is 3.39. The van der Waals surface area contributed by atoms with E-state index in [4.69, 9.17) is 9.47 Å². The molecule has 1 N–H and O–H groups in total. The molecule has 0 spiro atoms. The van der Waals surface area contributed by atoms with Crippen LogP contribution in [0.4, 0.5) is 0 Å². The number of hydrogen-bond donors (Lipinski definition) is 1. The molecule has 1 aromatic heterocycles. The highest BCUT2D eigenvalue weighted by molar-refractivity contribution is 9.10. The summed E-state index contributed by atoms with van der Waals surface area (Å²) in [6.45, 7) is 3.64. The summed E-state index contributed by atoms with van der Waals surface area (Å²) < 4.78 is 12.4. The number of benzene rings is 1. The number of rotatable bonds is 7. The van der Waals surface area contributed by atoms with E-state index >= 15 is 0 Å². The molecule has 0 aliphatic heterocycles. The summed E-state index contributed by atoms with van der Waals surface area (Å²) in [7, 11) is 1.89. The summed E-state index contributed by atoms with van der Waals surface area (Å²) in [5, 5.41) is 3.09. The van der Waals surface area contributed by atoms with Gasteiger partial charge in [-0.1, -0.05) is 15.9 Å². The molecule has 1 aromatic carbocycles. The predicted molar refractivity (Wildman–Crippen MR) is 86.9 cm³/mol. The Balaban J connectivity index is 1.84. The molecule has 5 heteroatoms. The van der Waals surface area contributed by atoms with Crippen molar-refractivity contribution in [3.63, 3.8) is 0 Å². The average molecular weight is 351 g/mol. The van der Waals surface area contributed by atoms with Crippen LogP contribution in [-0.2, 0) is 6.54 Å². The Morgan fingerprint density at radius 3 is 2.48 bits per heavy atom. The summed E-state index contributed by atoms with van der Waals surface area (Å²) in [4.78, 5) is 4.48. The minimum absolute atomic E-state index is 0.484. The number of aryl methyl sites for hydroxylation is 1. The minimum Gasteiger partial charge on any atom is -0.490 e. The lowest BCUT2D eigenvalue weighted by atomic mass is 10.3. The van der Waals surface area contributed by atoms with E-state index in [1.807, 2.05) is 50.4 Å². The summed E-state index contributed by atoms with van der Waals surface area (Å²) in [6, 6.07) is 11.6. The molecule has 0 unspecified atom stereocenters. The zero-order valence-corrected chi connectivity index (χ0v) is 13.8. The summed E-state index contributed by atoms with van der Waals surface area (Å²) in [6.07, 6.45) is 0. The Morgan fingerprint density at radius 1 is 1.05 bits per heavy atom. The van der Waals surface area contributed by atoms with Gasteiger partial charge in [0.05, 0.1) is 5.69 Å². The summed E-state index contributed by atoms with van der Waals surface area (Å²) in [5.41, 5.74) is 1.90. The number of ether oxygens (including phenoxy) is 2. The van der Waals surface area contributed by atoms with E-state index in [2.05, 4.69) is 26.2 Å². The molecule has 21 heavy (non-hydrogen) atoms. The second kappa shape index (κ2) is 8.00. The van der Waals surface area contributed by atoms with Gasteiger partial charge in [-0.2, -0.15) is 0 Å². The van der Waals surface area contributed by atoms with Crippen LogP contribution in [0.2, 0.25) is 0 Å². The van der Waals surface area contributed by atoms with Crippen LogP contribution in [0.1, 0.15) is 11.4 Å². The smallest absolute Gasteiger partial charge is 0.142 e. The molecular weight excluding hydrogens is 332 g/mol. The van der Waals surface area contributed by atoms with Crippen molar-refractivity contribution in [3.8, 4) is 11.5 Å². The first-order chi connectivity index (χ1) is 10.2. The Bertz CT molecular complexity index is 573. The molecule has 0 saturated heterocycles. The zero-order chi connectivity index (χ0) is 15.1. The highest BCUT2D eigenvalue weighted by Gasteiger charge is 2.05. The lowest BCUT2D eigenvalue weighted by Gasteiger charge is -2.12. The molecule has 0 amide bonds. The lowest BCUT2D eigenvalue weighted by molar-refractivity contribution is 0.215. The van der Waals surface area contributed by atoms with Crippen LogP contribution in [-0.4, -0.2) is 25.2 Å². The Hall–Kier alpha value is -1.59. The van der Waals surface area contributed by atoms with Gasteiger partial charge in [-0.05, 0) is 50.4 Å². The van der Waals surface area contributed by atoms with E-state index in [1.54, 1.807) is 0 Å². The second-order valence-electron chi connectivity index (χ2n) is 4.58. The van der Waals surface area contributed by atoms with Gasteiger partial charge < -0.3 is 14.8 Å². The number of nitrogens with one attached hydrogen (secondary N) is 1. The first-order valence-electron chi connectivity index (χ1n) is 6.81. The normalized spacial score (nSPS) is 10.4. The first kappa shape index (κ1) is 15.8. The maximum absolute atomic E-state index is 5.75. The van der Waals surface area contributed by atoms with Crippen LogP contribution in [0.15, 0.2) is 40.9 Å². The number of hydrogen-bond acceptors (Lipinski definition) is 4. The third-order valence-corrected chi connectivity index (χ3v) is 3.37. The van der Waals surface area contributed by atoms with E-state index in [0.29, 0.717) is 19.8 Å². The van der Waals surface area contributed by atoms with Crippen molar-refractivity contribution in [2.24, 2.45) is 0 Å². The van der Waals surface area contributed by atoms with Gasteiger partial charge in [0.15, 0.2) is 0 Å². The quantitative estimate of drug-likeness (QED) is 0.777. The fourth-order valence-electron chi connectivity index (χ4n) is 1.87. The van der Waals surface area contributed by atoms with E-state index in [1.165, 1.54) is 0 Å². The Kier molecular flexibility index (Phi) is 6.02. The highest BCUT2D eigenvalue weighted by Crippen LogP contribution is 2.18. The van der Waals surface area contributed by atoms with E-state index < -0.39 is 0 Å². The molecule has 0 aliphatic rings. The van der Waals surface area contributed by atoms with Crippen LogP contribution >= 0.6 is 15.9 Å². The van der Waals surface area contributed by atoms with E-state index in [0.717, 1.165) is 27.4 Å². The number of nitrogens with zero attached hydrogens (tertiary/aromatic N) is 1. The fourth-order valence-corrected chi connectivity index (χ4v) is 2.13. The molecular formula is C16H19BrN2O2. The summed E-state index contributed by atoms with van der Waals surface area (Å²) in [5.74, 6) is 1.63. The van der Waals surface area contributed by atoms with Gasteiger partial charge in [-0.15, -0.1) is 0 Å². The Morgan fingerprint density at radius 2 is 1.76 bits per heavy atom. The van der Waals surface area contributed by atoms with Crippen molar-refractivity contribution >= 4 is 15.9 Å². The largest absolute Gasteiger partial charge is 0.490 e. The van der Waals surface area contributed by atoms with Gasteiger partial charge in [-0.25, -0.2) is 0 Å². The van der Waals surface area contributed by atoms with Crippen LogP contribution < -0.4 is 14.8 Å². The van der Waals surface area contributed by atoms with E-state index in [9.17, 15) is 0 Å². The van der Waals surface area contributed by atoms with Crippen molar-refractivity contribution in [2.75, 3.05) is 20.3 Å². The molecule has 0 atom stereocenters. The highest BCUT2D eigenvalue weighted by atomic mass is 79.9. The molecule has 0 bridgehead atoms. The minimum atomic E-state index is 0.484. The topological polar surface area (TPSA) is 43.4 Å². The molecule has 4 nitrogen and oxygen atoms in total. The van der Waals surface area contributed by atoms with Crippen molar-refractivity contribution in [2.45, 2.75) is 13.5 Å². The number of pyridine rings is 1. The van der Waals surface area contributed by atoms with Crippen molar-refractivity contribution in [3.05, 3.63) is 52.3 Å². The van der Waals surface area contributed by atoms with Crippen LogP contribution in [0.25, 0.3) is 0 Å². The van der Waals surface area contributed by atoms with Crippen LogP contribution in [0.5, 0.6) is 11.5 Å². The third kappa shape index (κ3) is 5.02.